The molecule has 0 radical (unpaired) electrons. The number of aliphatic hydroxyl groups is 1. The fourth-order valence-corrected chi connectivity index (χ4v) is 3.00. The Morgan fingerprint density at radius 3 is 2.93 bits per heavy atom. The highest BCUT2D eigenvalue weighted by Crippen LogP contribution is 2.46. The Morgan fingerprint density at radius 1 is 1.71 bits per heavy atom. The molecule has 2 nitrogen and oxygen atoms in total. The molecule has 1 aromatic rings. The van der Waals surface area contributed by atoms with E-state index in [0.717, 1.165) is 5.56 Å². The van der Waals surface area contributed by atoms with Crippen LogP contribution >= 0.6 is 22.9 Å². The first-order chi connectivity index (χ1) is 6.65. The van der Waals surface area contributed by atoms with Crippen LogP contribution in [-0.2, 0) is 10.3 Å². The van der Waals surface area contributed by atoms with E-state index in [0.29, 0.717) is 23.8 Å². The Balaban J connectivity index is 2.04. The van der Waals surface area contributed by atoms with Crippen molar-refractivity contribution >= 4 is 22.9 Å². The van der Waals surface area contributed by atoms with Gasteiger partial charge >= 0.3 is 0 Å². The minimum Gasteiger partial charge on any atom is -0.385 e. The third kappa shape index (κ3) is 1.70. The maximum atomic E-state index is 10.2. The predicted molar refractivity (Wildman–Crippen MR) is 57.9 cm³/mol. The molecule has 78 valence electrons. The summed E-state index contributed by atoms with van der Waals surface area (Å²) in [4.78, 5) is 0. The summed E-state index contributed by atoms with van der Waals surface area (Å²) in [6.07, 6.45) is 1.52. The molecule has 1 aliphatic carbocycles. The van der Waals surface area contributed by atoms with Gasteiger partial charge in [0.2, 0.25) is 0 Å². The summed E-state index contributed by atoms with van der Waals surface area (Å²) in [6, 6.07) is 1.90. The molecule has 4 heteroatoms. The fourth-order valence-electron chi connectivity index (χ4n) is 1.90. The second-order valence-corrected chi connectivity index (χ2v) is 5.14. The molecule has 1 fully saturated rings. The van der Waals surface area contributed by atoms with Crippen LogP contribution in [0.4, 0.5) is 0 Å². The van der Waals surface area contributed by atoms with E-state index in [1.165, 1.54) is 11.3 Å². The van der Waals surface area contributed by atoms with E-state index in [-0.39, 0.29) is 6.10 Å². The van der Waals surface area contributed by atoms with Gasteiger partial charge in [0, 0.05) is 25.0 Å². The standard InChI is InChI=1S/C10H13ClO2S/c1-2-13-7-5-10(12,6-7)8-3-4-14-9(8)11/h3-4,7,12H,2,5-6H2,1H3. The van der Waals surface area contributed by atoms with E-state index in [1.54, 1.807) is 0 Å². The van der Waals surface area contributed by atoms with Crippen molar-refractivity contribution in [2.45, 2.75) is 31.5 Å². The number of ether oxygens (including phenoxy) is 1. The summed E-state index contributed by atoms with van der Waals surface area (Å²) in [6.45, 7) is 2.67. The van der Waals surface area contributed by atoms with E-state index in [9.17, 15) is 5.11 Å². The van der Waals surface area contributed by atoms with E-state index in [4.69, 9.17) is 16.3 Å². The molecule has 0 spiro atoms. The van der Waals surface area contributed by atoms with Gasteiger partial charge in [0.25, 0.3) is 0 Å². The molecule has 1 aromatic heterocycles. The van der Waals surface area contributed by atoms with E-state index in [1.807, 2.05) is 18.4 Å². The summed E-state index contributed by atoms with van der Waals surface area (Å²) in [7, 11) is 0. The second-order valence-electron chi connectivity index (χ2n) is 3.63. The number of hydrogen-bond acceptors (Lipinski definition) is 3. The Bertz CT molecular complexity index is 318. The van der Waals surface area contributed by atoms with Crippen LogP contribution < -0.4 is 0 Å². The van der Waals surface area contributed by atoms with Crippen LogP contribution in [-0.4, -0.2) is 17.8 Å². The normalized spacial score (nSPS) is 31.5. The van der Waals surface area contributed by atoms with Crippen molar-refractivity contribution in [2.24, 2.45) is 0 Å². The lowest BCUT2D eigenvalue weighted by atomic mass is 9.74. The van der Waals surface area contributed by atoms with Gasteiger partial charge in [0.15, 0.2) is 0 Å². The average molecular weight is 233 g/mol. The second kappa shape index (κ2) is 3.81. The van der Waals surface area contributed by atoms with Gasteiger partial charge in [0.1, 0.15) is 0 Å². The molecule has 0 aliphatic heterocycles. The monoisotopic (exact) mass is 232 g/mol. The molecular weight excluding hydrogens is 220 g/mol. The highest BCUT2D eigenvalue weighted by atomic mass is 35.5. The van der Waals surface area contributed by atoms with Gasteiger partial charge in [-0.15, -0.1) is 11.3 Å². The van der Waals surface area contributed by atoms with Crippen LogP contribution in [0.25, 0.3) is 0 Å². The quantitative estimate of drug-likeness (QED) is 0.869. The van der Waals surface area contributed by atoms with Crippen LogP contribution in [0.3, 0.4) is 0 Å². The third-order valence-corrected chi connectivity index (χ3v) is 3.82. The van der Waals surface area contributed by atoms with Crippen molar-refractivity contribution in [3.63, 3.8) is 0 Å². The largest absolute Gasteiger partial charge is 0.385 e. The zero-order chi connectivity index (χ0) is 10.2. The Labute approximate surface area is 92.5 Å². The molecule has 0 atom stereocenters. The lowest BCUT2D eigenvalue weighted by Gasteiger charge is -2.43. The van der Waals surface area contributed by atoms with E-state index >= 15 is 0 Å². The van der Waals surface area contributed by atoms with Gasteiger partial charge in [-0.2, -0.15) is 0 Å². The molecule has 1 aliphatic rings. The summed E-state index contributed by atoms with van der Waals surface area (Å²) in [5.41, 5.74) is 0.122. The van der Waals surface area contributed by atoms with Crippen molar-refractivity contribution in [1.82, 2.24) is 0 Å². The predicted octanol–water partition coefficient (Wildman–Crippen LogP) is 2.79. The minimum atomic E-state index is -0.739. The topological polar surface area (TPSA) is 29.5 Å². The maximum Gasteiger partial charge on any atom is 0.0989 e. The molecule has 0 amide bonds. The summed E-state index contributed by atoms with van der Waals surface area (Å²) < 4.78 is 6.11. The lowest BCUT2D eigenvalue weighted by Crippen LogP contribution is -2.45. The van der Waals surface area contributed by atoms with Crippen molar-refractivity contribution in [2.75, 3.05) is 6.61 Å². The van der Waals surface area contributed by atoms with Gasteiger partial charge < -0.3 is 9.84 Å². The number of thiophene rings is 1. The van der Waals surface area contributed by atoms with Gasteiger partial charge in [0.05, 0.1) is 16.0 Å². The van der Waals surface area contributed by atoms with Crippen molar-refractivity contribution in [1.29, 1.82) is 0 Å². The first-order valence-electron chi connectivity index (χ1n) is 4.73. The Kier molecular flexibility index (Phi) is 2.84. The SMILES string of the molecule is CCOC1CC(O)(c2ccsc2Cl)C1. The third-order valence-electron chi connectivity index (χ3n) is 2.65. The van der Waals surface area contributed by atoms with Crippen molar-refractivity contribution < 1.29 is 9.84 Å². The zero-order valence-electron chi connectivity index (χ0n) is 8.00. The molecule has 2 rings (SSSR count). The van der Waals surface area contributed by atoms with Crippen LogP contribution in [0.15, 0.2) is 11.4 Å². The summed E-state index contributed by atoms with van der Waals surface area (Å²) in [5.74, 6) is 0. The highest BCUT2D eigenvalue weighted by Gasteiger charge is 2.45. The molecule has 14 heavy (non-hydrogen) atoms. The number of halogens is 1. The van der Waals surface area contributed by atoms with Gasteiger partial charge in [-0.25, -0.2) is 0 Å². The first-order valence-corrected chi connectivity index (χ1v) is 5.99. The van der Waals surface area contributed by atoms with Crippen LogP contribution in [0, 0.1) is 0 Å². The van der Waals surface area contributed by atoms with Gasteiger partial charge in [-0.3, -0.25) is 0 Å². The summed E-state index contributed by atoms with van der Waals surface area (Å²) in [5, 5.41) is 12.1. The number of hydrogen-bond donors (Lipinski definition) is 1. The summed E-state index contributed by atoms with van der Waals surface area (Å²) >= 11 is 7.44. The van der Waals surface area contributed by atoms with Crippen LogP contribution in [0.2, 0.25) is 4.34 Å². The molecule has 1 heterocycles. The lowest BCUT2D eigenvalue weighted by molar-refractivity contribution is -0.142. The molecule has 1 saturated carbocycles. The van der Waals surface area contributed by atoms with E-state index < -0.39 is 5.60 Å². The first kappa shape index (κ1) is 10.4. The molecule has 1 N–H and O–H groups in total. The molecule has 0 bridgehead atoms. The van der Waals surface area contributed by atoms with Crippen LogP contribution in [0.5, 0.6) is 0 Å². The minimum absolute atomic E-state index is 0.195. The average Bonchev–Trinajstić information content (AvgIpc) is 2.49. The maximum absolute atomic E-state index is 10.2. The number of rotatable bonds is 3. The van der Waals surface area contributed by atoms with Crippen molar-refractivity contribution in [3.05, 3.63) is 21.3 Å². The highest BCUT2D eigenvalue weighted by molar-refractivity contribution is 7.14. The van der Waals surface area contributed by atoms with Gasteiger partial charge in [-0.05, 0) is 18.4 Å². The smallest absolute Gasteiger partial charge is 0.0989 e. The molecule has 0 saturated heterocycles. The van der Waals surface area contributed by atoms with Crippen LogP contribution in [0.1, 0.15) is 25.3 Å². The zero-order valence-corrected chi connectivity index (χ0v) is 9.57. The Morgan fingerprint density at radius 2 is 2.43 bits per heavy atom. The Hall–Kier alpha value is -0.0900. The van der Waals surface area contributed by atoms with Crippen molar-refractivity contribution in [3.8, 4) is 0 Å². The molecule has 0 unspecified atom stereocenters. The molecule has 0 aromatic carbocycles. The van der Waals surface area contributed by atoms with E-state index in [2.05, 4.69) is 0 Å². The van der Waals surface area contributed by atoms with Gasteiger partial charge in [-0.1, -0.05) is 11.6 Å². The fraction of sp³-hybridized carbons (Fsp3) is 0.600. The molecular formula is C10H13ClO2S.